The first-order valence-corrected chi connectivity index (χ1v) is 8.02. The molecular weight excluding hydrogens is 389 g/mol. The number of hydrogen-bond donors (Lipinski definition) is 1. The molecular formula is C15H11Cl5O2. The van der Waals surface area contributed by atoms with Crippen molar-refractivity contribution in [2.75, 3.05) is 7.11 Å². The van der Waals surface area contributed by atoms with Gasteiger partial charge in [0.1, 0.15) is 0 Å². The van der Waals surface area contributed by atoms with Crippen LogP contribution in [0.5, 0.6) is 11.5 Å². The third-order valence-corrected chi connectivity index (χ3v) is 4.45. The minimum Gasteiger partial charge on any atom is -0.504 e. The Kier molecular flexibility index (Phi) is 5.63. The first-order valence-electron chi connectivity index (χ1n) is 6.13. The van der Waals surface area contributed by atoms with Crippen LogP contribution in [0.4, 0.5) is 0 Å². The Labute approximate surface area is 153 Å². The van der Waals surface area contributed by atoms with Crippen molar-refractivity contribution < 1.29 is 9.84 Å². The maximum Gasteiger partial charge on any atom is 0.201 e. The molecule has 1 atom stereocenters. The van der Waals surface area contributed by atoms with Crippen LogP contribution in [0.25, 0.3) is 0 Å². The summed E-state index contributed by atoms with van der Waals surface area (Å²) in [7, 11) is 1.40. The number of benzene rings is 2. The van der Waals surface area contributed by atoms with Gasteiger partial charge in [-0.2, -0.15) is 0 Å². The molecule has 22 heavy (non-hydrogen) atoms. The number of phenols is 1. The minimum atomic E-state index is -1.65. The van der Waals surface area contributed by atoms with Crippen LogP contribution in [0.15, 0.2) is 36.4 Å². The summed E-state index contributed by atoms with van der Waals surface area (Å²) in [4.78, 5) is 0. The van der Waals surface area contributed by atoms with Gasteiger partial charge in [-0.25, -0.2) is 0 Å². The van der Waals surface area contributed by atoms with Crippen molar-refractivity contribution in [1.29, 1.82) is 0 Å². The minimum absolute atomic E-state index is 0.0876. The monoisotopic (exact) mass is 398 g/mol. The van der Waals surface area contributed by atoms with E-state index >= 15 is 0 Å². The molecule has 7 heteroatoms. The lowest BCUT2D eigenvalue weighted by Gasteiger charge is -2.27. The van der Waals surface area contributed by atoms with Crippen molar-refractivity contribution in [2.45, 2.75) is 9.71 Å². The first-order chi connectivity index (χ1) is 10.3. The summed E-state index contributed by atoms with van der Waals surface area (Å²) in [5.74, 6) is -0.612. The maximum atomic E-state index is 9.78. The predicted molar refractivity (Wildman–Crippen MR) is 93.3 cm³/mol. The molecule has 0 saturated heterocycles. The summed E-state index contributed by atoms with van der Waals surface area (Å²) >= 11 is 30.7. The number of phenolic OH excluding ortho intramolecular Hbond substituents is 1. The molecule has 2 rings (SSSR count). The Morgan fingerprint density at radius 2 is 1.59 bits per heavy atom. The van der Waals surface area contributed by atoms with Gasteiger partial charge in [-0.1, -0.05) is 76.2 Å². The number of alkyl halides is 3. The van der Waals surface area contributed by atoms with Gasteiger partial charge in [-0.05, 0) is 29.3 Å². The Morgan fingerprint density at radius 1 is 1.00 bits per heavy atom. The van der Waals surface area contributed by atoms with Crippen LogP contribution in [-0.2, 0) is 0 Å². The number of ether oxygens (including phenoxy) is 1. The fraction of sp³-hybridized carbons (Fsp3) is 0.200. The van der Waals surface area contributed by atoms with E-state index < -0.39 is 9.71 Å². The predicted octanol–water partition coefficient (Wildman–Crippen LogP) is 6.21. The van der Waals surface area contributed by atoms with Crippen LogP contribution in [-0.4, -0.2) is 16.0 Å². The molecule has 0 amide bonds. The Balaban J connectivity index is 2.64. The van der Waals surface area contributed by atoms with Gasteiger partial charge in [0.2, 0.25) is 3.79 Å². The van der Waals surface area contributed by atoms with Crippen molar-refractivity contribution in [2.24, 2.45) is 0 Å². The lowest BCUT2D eigenvalue weighted by Crippen LogP contribution is -2.19. The normalized spacial score (nSPS) is 13.0. The average molecular weight is 401 g/mol. The molecule has 0 aliphatic rings. The summed E-state index contributed by atoms with van der Waals surface area (Å²) in [6, 6.07) is 9.95. The Morgan fingerprint density at radius 3 is 2.09 bits per heavy atom. The molecule has 0 saturated carbocycles. The molecule has 2 aromatic carbocycles. The average Bonchev–Trinajstić information content (AvgIpc) is 2.43. The molecule has 2 nitrogen and oxygen atoms in total. The fourth-order valence-corrected chi connectivity index (χ4v) is 3.38. The van der Waals surface area contributed by atoms with E-state index in [0.717, 1.165) is 5.56 Å². The second-order valence-corrected chi connectivity index (χ2v) is 7.73. The molecule has 0 spiro atoms. The molecule has 0 aliphatic carbocycles. The molecule has 0 heterocycles. The molecule has 0 fully saturated rings. The quantitative estimate of drug-likeness (QED) is 0.621. The third-order valence-electron chi connectivity index (χ3n) is 3.15. The molecule has 0 aromatic heterocycles. The van der Waals surface area contributed by atoms with Gasteiger partial charge in [-0.15, -0.1) is 0 Å². The van der Waals surface area contributed by atoms with Crippen LogP contribution >= 0.6 is 58.0 Å². The lowest BCUT2D eigenvalue weighted by atomic mass is 9.92. The van der Waals surface area contributed by atoms with E-state index in [2.05, 4.69) is 0 Å². The molecule has 2 aromatic rings. The summed E-state index contributed by atoms with van der Waals surface area (Å²) < 4.78 is 3.45. The highest BCUT2D eigenvalue weighted by molar-refractivity contribution is 6.68. The zero-order chi connectivity index (χ0) is 16.5. The molecule has 118 valence electrons. The van der Waals surface area contributed by atoms with E-state index in [-0.39, 0.29) is 16.5 Å². The largest absolute Gasteiger partial charge is 0.504 e. The van der Waals surface area contributed by atoms with E-state index in [1.54, 1.807) is 30.3 Å². The summed E-state index contributed by atoms with van der Waals surface area (Å²) in [6.45, 7) is 0. The Bertz CT molecular complexity index is 665. The highest BCUT2D eigenvalue weighted by atomic mass is 35.6. The topological polar surface area (TPSA) is 29.5 Å². The fourth-order valence-electron chi connectivity index (χ4n) is 2.18. The summed E-state index contributed by atoms with van der Waals surface area (Å²) in [5, 5.41) is 10.5. The standard InChI is InChI=1S/C15H11Cl5O2/c1-22-14-11(21)7-6-10(13(14)17)12(15(18,19)20)8-2-4-9(16)5-3-8/h2-7,12,21H,1H3. The second kappa shape index (κ2) is 6.94. The second-order valence-electron chi connectivity index (χ2n) is 4.55. The van der Waals surface area contributed by atoms with Crippen LogP contribution in [0, 0.1) is 0 Å². The van der Waals surface area contributed by atoms with E-state index in [0.29, 0.717) is 10.6 Å². The maximum absolute atomic E-state index is 9.78. The van der Waals surface area contributed by atoms with Gasteiger partial charge in [0.05, 0.1) is 18.1 Å². The SMILES string of the molecule is COc1c(O)ccc(C(c2ccc(Cl)cc2)C(Cl)(Cl)Cl)c1Cl. The zero-order valence-corrected chi connectivity index (χ0v) is 15.1. The first kappa shape index (κ1) is 17.8. The highest BCUT2D eigenvalue weighted by Crippen LogP contribution is 2.50. The highest BCUT2D eigenvalue weighted by Gasteiger charge is 2.37. The number of hydrogen-bond acceptors (Lipinski definition) is 2. The molecule has 0 bridgehead atoms. The van der Waals surface area contributed by atoms with E-state index in [1.807, 2.05) is 0 Å². The van der Waals surface area contributed by atoms with Crippen LogP contribution in [0.2, 0.25) is 10.0 Å². The Hall–Kier alpha value is -0.510. The number of aromatic hydroxyl groups is 1. The van der Waals surface area contributed by atoms with E-state index in [1.165, 1.54) is 13.2 Å². The van der Waals surface area contributed by atoms with Gasteiger partial charge in [-0.3, -0.25) is 0 Å². The molecule has 1 N–H and O–H groups in total. The molecule has 0 aliphatic heterocycles. The van der Waals surface area contributed by atoms with Gasteiger partial charge in [0.25, 0.3) is 0 Å². The number of methoxy groups -OCH3 is 1. The summed E-state index contributed by atoms with van der Waals surface area (Å²) in [5.41, 5.74) is 1.25. The molecule has 0 radical (unpaired) electrons. The van der Waals surface area contributed by atoms with Crippen molar-refractivity contribution in [1.82, 2.24) is 0 Å². The van der Waals surface area contributed by atoms with Crippen LogP contribution < -0.4 is 4.74 Å². The van der Waals surface area contributed by atoms with Gasteiger partial charge in [0, 0.05) is 5.02 Å². The van der Waals surface area contributed by atoms with Crippen LogP contribution in [0.1, 0.15) is 17.0 Å². The summed E-state index contributed by atoms with van der Waals surface area (Å²) in [6.07, 6.45) is 0. The van der Waals surface area contributed by atoms with Gasteiger partial charge in [0.15, 0.2) is 11.5 Å². The van der Waals surface area contributed by atoms with Crippen LogP contribution in [0.3, 0.4) is 0 Å². The number of rotatable bonds is 3. The van der Waals surface area contributed by atoms with Crippen molar-refractivity contribution >= 4 is 58.0 Å². The molecule has 1 unspecified atom stereocenters. The lowest BCUT2D eigenvalue weighted by molar-refractivity contribution is 0.373. The third kappa shape index (κ3) is 3.69. The van der Waals surface area contributed by atoms with E-state index in [9.17, 15) is 5.11 Å². The smallest absolute Gasteiger partial charge is 0.201 e. The van der Waals surface area contributed by atoms with Gasteiger partial charge >= 0.3 is 0 Å². The zero-order valence-electron chi connectivity index (χ0n) is 11.3. The van der Waals surface area contributed by atoms with Crippen molar-refractivity contribution in [3.8, 4) is 11.5 Å². The van der Waals surface area contributed by atoms with E-state index in [4.69, 9.17) is 62.7 Å². The number of halogens is 5. The van der Waals surface area contributed by atoms with Crippen molar-refractivity contribution in [3.63, 3.8) is 0 Å². The van der Waals surface area contributed by atoms with Crippen molar-refractivity contribution in [3.05, 3.63) is 57.6 Å². The van der Waals surface area contributed by atoms with Gasteiger partial charge < -0.3 is 9.84 Å².